The molecule has 4 aliphatic carbocycles. The summed E-state index contributed by atoms with van der Waals surface area (Å²) >= 11 is 0. The Morgan fingerprint density at radius 3 is 2.26 bits per heavy atom. The number of fused-ring (bicyclic) bond motifs is 5. The number of hydrogen-bond acceptors (Lipinski definition) is 7. The molecule has 0 saturated heterocycles. The first-order valence-corrected chi connectivity index (χ1v) is 13.6. The van der Waals surface area contributed by atoms with Gasteiger partial charge in [0, 0.05) is 17.8 Å². The van der Waals surface area contributed by atoms with E-state index in [0.717, 1.165) is 6.42 Å². The van der Waals surface area contributed by atoms with E-state index >= 15 is 0 Å². The zero-order chi connectivity index (χ0) is 26.4. The molecule has 4 fully saturated rings. The van der Waals surface area contributed by atoms with Gasteiger partial charge in [0.2, 0.25) is 0 Å². The molecule has 0 aliphatic heterocycles. The Balaban J connectivity index is 1.64. The molecule has 202 valence electrons. The lowest BCUT2D eigenvalue weighted by Gasteiger charge is -2.64. The lowest BCUT2D eigenvalue weighted by atomic mass is 9.42. The van der Waals surface area contributed by atoms with Crippen LogP contribution in [0.4, 0.5) is 0 Å². The van der Waals surface area contributed by atoms with Crippen molar-refractivity contribution in [3.63, 3.8) is 0 Å². The van der Waals surface area contributed by atoms with Crippen LogP contribution in [-0.2, 0) is 4.79 Å². The summed E-state index contributed by atoms with van der Waals surface area (Å²) in [5.41, 5.74) is -4.75. The first kappa shape index (κ1) is 27.5. The molecule has 0 bridgehead atoms. The summed E-state index contributed by atoms with van der Waals surface area (Å²) in [6.45, 7) is 10.9. The smallest absolute Gasteiger partial charge is 0.137 e. The van der Waals surface area contributed by atoms with E-state index in [1.54, 1.807) is 20.8 Å². The average Bonchev–Trinajstić information content (AvgIpc) is 3.00. The molecular weight excluding hydrogens is 448 g/mol. The Kier molecular flexibility index (Phi) is 6.65. The number of aliphatic hydroxyl groups excluding tert-OH is 3. The van der Waals surface area contributed by atoms with Crippen LogP contribution in [0.15, 0.2) is 0 Å². The van der Waals surface area contributed by atoms with Gasteiger partial charge in [-0.3, -0.25) is 4.79 Å². The molecule has 4 rings (SSSR count). The van der Waals surface area contributed by atoms with Crippen LogP contribution in [0.5, 0.6) is 0 Å². The molecule has 7 nitrogen and oxygen atoms in total. The summed E-state index contributed by atoms with van der Waals surface area (Å²) in [7, 11) is 0. The van der Waals surface area contributed by atoms with Crippen molar-refractivity contribution in [2.75, 3.05) is 0 Å². The highest BCUT2D eigenvalue weighted by molar-refractivity contribution is 5.83. The van der Waals surface area contributed by atoms with Crippen molar-refractivity contribution in [2.24, 2.45) is 40.4 Å². The van der Waals surface area contributed by atoms with E-state index in [-0.39, 0.29) is 48.2 Å². The number of rotatable bonds is 5. The van der Waals surface area contributed by atoms with Gasteiger partial charge in [0.1, 0.15) is 5.78 Å². The first-order valence-electron chi connectivity index (χ1n) is 13.6. The third-order valence-electron chi connectivity index (χ3n) is 11.3. The summed E-state index contributed by atoms with van der Waals surface area (Å²) in [5.74, 6) is -1.17. The zero-order valence-corrected chi connectivity index (χ0v) is 22.4. The van der Waals surface area contributed by atoms with Crippen LogP contribution >= 0.6 is 0 Å². The van der Waals surface area contributed by atoms with Crippen LogP contribution in [-0.4, -0.2) is 71.5 Å². The van der Waals surface area contributed by atoms with Gasteiger partial charge in [-0.05, 0) is 94.8 Å². The molecule has 0 amide bonds. The zero-order valence-electron chi connectivity index (χ0n) is 22.4. The predicted octanol–water partition coefficient (Wildman–Crippen LogP) is 2.18. The van der Waals surface area contributed by atoms with Crippen molar-refractivity contribution in [3.8, 4) is 0 Å². The molecule has 4 aliphatic rings. The van der Waals surface area contributed by atoms with Gasteiger partial charge in [-0.2, -0.15) is 0 Å². The van der Waals surface area contributed by atoms with E-state index in [9.17, 15) is 35.4 Å². The highest BCUT2D eigenvalue weighted by atomic mass is 16.3. The largest absolute Gasteiger partial charge is 0.390 e. The molecule has 0 aromatic rings. The molecule has 0 aromatic carbocycles. The summed E-state index contributed by atoms with van der Waals surface area (Å²) in [4.78, 5) is 13.4. The van der Waals surface area contributed by atoms with Crippen LogP contribution in [0.25, 0.3) is 0 Å². The summed E-state index contributed by atoms with van der Waals surface area (Å²) in [6, 6.07) is 0. The van der Waals surface area contributed by atoms with Crippen molar-refractivity contribution in [3.05, 3.63) is 0 Å². The third-order valence-corrected chi connectivity index (χ3v) is 11.3. The minimum Gasteiger partial charge on any atom is -0.390 e. The van der Waals surface area contributed by atoms with Gasteiger partial charge < -0.3 is 30.6 Å². The van der Waals surface area contributed by atoms with E-state index in [4.69, 9.17) is 0 Å². The quantitative estimate of drug-likeness (QED) is 0.343. The van der Waals surface area contributed by atoms with Crippen LogP contribution in [0.1, 0.15) is 92.9 Å². The van der Waals surface area contributed by atoms with Gasteiger partial charge in [0.25, 0.3) is 0 Å². The van der Waals surface area contributed by atoms with Crippen molar-refractivity contribution in [1.29, 1.82) is 0 Å². The van der Waals surface area contributed by atoms with Crippen LogP contribution < -0.4 is 0 Å². The maximum atomic E-state index is 13.4. The summed E-state index contributed by atoms with van der Waals surface area (Å²) < 4.78 is 0. The Morgan fingerprint density at radius 1 is 1.03 bits per heavy atom. The van der Waals surface area contributed by atoms with Gasteiger partial charge in [-0.1, -0.05) is 20.8 Å². The van der Waals surface area contributed by atoms with Crippen molar-refractivity contribution in [2.45, 2.75) is 128 Å². The van der Waals surface area contributed by atoms with Crippen molar-refractivity contribution < 1.29 is 35.4 Å². The second kappa shape index (κ2) is 8.47. The van der Waals surface area contributed by atoms with E-state index in [2.05, 4.69) is 6.92 Å². The van der Waals surface area contributed by atoms with Crippen LogP contribution in [0, 0.1) is 40.4 Å². The maximum absolute atomic E-state index is 13.4. The maximum Gasteiger partial charge on any atom is 0.137 e. The topological polar surface area (TPSA) is 138 Å². The molecule has 0 radical (unpaired) electrons. The minimum absolute atomic E-state index is 0.0492. The van der Waals surface area contributed by atoms with Gasteiger partial charge >= 0.3 is 0 Å². The Bertz CT molecular complexity index is 836. The predicted molar refractivity (Wildman–Crippen MR) is 131 cm³/mol. The van der Waals surface area contributed by atoms with E-state index in [0.29, 0.717) is 32.1 Å². The van der Waals surface area contributed by atoms with Gasteiger partial charge in [-0.25, -0.2) is 0 Å². The SMILES string of the molecule is C[C@H](CC(C)(C)O)[C@H](O)[C@](C)(O)[C@H]1CC[C@@]2(O)[C@@H]3CC(=O)[C@@H]4C[C@@H](O)[C@H](O)C[C@]4(C)[C@@H]3CC[C@]12C. The fourth-order valence-corrected chi connectivity index (χ4v) is 9.64. The van der Waals surface area contributed by atoms with Crippen LogP contribution in [0.2, 0.25) is 0 Å². The normalized spacial score (nSPS) is 49.4. The van der Waals surface area contributed by atoms with Crippen molar-refractivity contribution >= 4 is 5.78 Å². The number of aliphatic hydroxyl groups is 6. The molecule has 7 heteroatoms. The van der Waals surface area contributed by atoms with E-state index in [1.165, 1.54) is 0 Å². The molecule has 35 heavy (non-hydrogen) atoms. The second-order valence-electron chi connectivity index (χ2n) is 14.2. The number of ketones is 1. The molecule has 12 atom stereocenters. The summed E-state index contributed by atoms with van der Waals surface area (Å²) in [6.07, 6.45) is 0.840. The summed E-state index contributed by atoms with van der Waals surface area (Å²) in [5, 5.41) is 66.3. The minimum atomic E-state index is -1.47. The third kappa shape index (κ3) is 4.04. The number of carbonyl (C=O) groups is 1. The van der Waals surface area contributed by atoms with E-state index < -0.39 is 45.9 Å². The van der Waals surface area contributed by atoms with Gasteiger partial charge in [-0.15, -0.1) is 0 Å². The highest BCUT2D eigenvalue weighted by Gasteiger charge is 2.71. The molecule has 0 spiro atoms. The lowest BCUT2D eigenvalue weighted by molar-refractivity contribution is -0.235. The van der Waals surface area contributed by atoms with E-state index in [1.807, 2.05) is 13.8 Å². The number of hydrogen-bond donors (Lipinski definition) is 6. The Labute approximate surface area is 209 Å². The van der Waals surface area contributed by atoms with Crippen LogP contribution in [0.3, 0.4) is 0 Å². The highest BCUT2D eigenvalue weighted by Crippen LogP contribution is 2.70. The number of carbonyl (C=O) groups excluding carboxylic acids is 1. The Morgan fingerprint density at radius 2 is 1.66 bits per heavy atom. The fraction of sp³-hybridized carbons (Fsp3) is 0.964. The first-order chi connectivity index (χ1) is 15.9. The molecule has 0 unspecified atom stereocenters. The molecule has 6 N–H and O–H groups in total. The molecule has 4 saturated carbocycles. The van der Waals surface area contributed by atoms with Crippen molar-refractivity contribution in [1.82, 2.24) is 0 Å². The van der Waals surface area contributed by atoms with Gasteiger partial charge in [0.15, 0.2) is 0 Å². The number of Topliss-reactive ketones (excluding diaryl/α,β-unsaturated/α-hetero) is 1. The molecule has 0 heterocycles. The second-order valence-corrected chi connectivity index (χ2v) is 14.2. The average molecular weight is 497 g/mol. The lowest BCUT2D eigenvalue weighted by Crippen LogP contribution is -2.67. The fourth-order valence-electron chi connectivity index (χ4n) is 9.64. The Hall–Kier alpha value is -0.570. The van der Waals surface area contributed by atoms with Gasteiger partial charge in [0.05, 0.1) is 35.1 Å². The molecule has 0 aromatic heterocycles. The standard InChI is InChI=1S/C28H48O7/c1-15(13-24(2,3)33)23(32)27(6,34)22-8-10-28(35)17-11-19(29)18-12-20(30)21(31)14-25(18,4)16(17)7-9-26(22,28)5/h15-18,20-23,30-35H,7-14H2,1-6H3/t15-,16-,17-,18+,20-,21-,22+,23+,25-,26-,27-,28-/m1/s1. The monoisotopic (exact) mass is 496 g/mol. The molecular formula is C28H48O7.